The summed E-state index contributed by atoms with van der Waals surface area (Å²) in [6, 6.07) is 6.57. The standard InChI is InChI=1S/C13H12N2O4/c1-2-10(16)9(6-14)13(17)15-8-3-4-11-12(5-8)19-7-18-11/h3-5,9H,2,7H2,1H3,(H,15,17). The molecule has 1 aromatic rings. The molecule has 0 aliphatic carbocycles. The minimum absolute atomic E-state index is 0.141. The van der Waals surface area contributed by atoms with E-state index in [4.69, 9.17) is 14.7 Å². The zero-order chi connectivity index (χ0) is 13.8. The Balaban J connectivity index is 2.11. The highest BCUT2D eigenvalue weighted by Gasteiger charge is 2.25. The number of amides is 1. The first kappa shape index (κ1) is 12.9. The second-order valence-electron chi connectivity index (χ2n) is 3.94. The molecule has 1 aliphatic rings. The largest absolute Gasteiger partial charge is 0.454 e. The van der Waals surface area contributed by atoms with Crippen LogP contribution in [0.4, 0.5) is 5.69 Å². The molecule has 1 unspecified atom stereocenters. The summed E-state index contributed by atoms with van der Waals surface area (Å²) in [7, 11) is 0. The number of carbonyl (C=O) groups excluding carboxylic acids is 2. The van der Waals surface area contributed by atoms with Crippen molar-refractivity contribution in [2.24, 2.45) is 5.92 Å². The van der Waals surface area contributed by atoms with Crippen molar-refractivity contribution >= 4 is 17.4 Å². The van der Waals surface area contributed by atoms with E-state index < -0.39 is 17.6 Å². The third kappa shape index (κ3) is 2.65. The van der Waals surface area contributed by atoms with Gasteiger partial charge in [-0.05, 0) is 12.1 Å². The molecule has 1 heterocycles. The van der Waals surface area contributed by atoms with Gasteiger partial charge in [0.2, 0.25) is 12.7 Å². The molecule has 1 aromatic carbocycles. The summed E-state index contributed by atoms with van der Waals surface area (Å²) >= 11 is 0. The number of hydrogen-bond donors (Lipinski definition) is 1. The number of nitriles is 1. The molecular formula is C13H12N2O4. The summed E-state index contributed by atoms with van der Waals surface area (Å²) in [6.45, 7) is 1.75. The van der Waals surface area contributed by atoms with Crippen LogP contribution in [0.1, 0.15) is 13.3 Å². The molecule has 1 atom stereocenters. The van der Waals surface area contributed by atoms with E-state index in [-0.39, 0.29) is 13.2 Å². The number of ether oxygens (including phenoxy) is 2. The van der Waals surface area contributed by atoms with Crippen molar-refractivity contribution in [2.75, 3.05) is 12.1 Å². The Kier molecular flexibility index (Phi) is 3.66. The number of rotatable bonds is 4. The fourth-order valence-electron chi connectivity index (χ4n) is 1.67. The van der Waals surface area contributed by atoms with Crippen molar-refractivity contribution in [3.8, 4) is 17.6 Å². The average Bonchev–Trinajstić information content (AvgIpc) is 2.86. The Morgan fingerprint density at radius 1 is 1.42 bits per heavy atom. The van der Waals surface area contributed by atoms with Crippen molar-refractivity contribution < 1.29 is 19.1 Å². The van der Waals surface area contributed by atoms with E-state index in [2.05, 4.69) is 5.32 Å². The van der Waals surface area contributed by atoms with E-state index in [1.165, 1.54) is 0 Å². The molecule has 0 bridgehead atoms. The molecule has 0 radical (unpaired) electrons. The van der Waals surface area contributed by atoms with Crippen LogP contribution in [0.15, 0.2) is 18.2 Å². The molecule has 6 nitrogen and oxygen atoms in total. The lowest BCUT2D eigenvalue weighted by Gasteiger charge is -2.09. The number of anilines is 1. The monoisotopic (exact) mass is 260 g/mol. The summed E-state index contributed by atoms with van der Waals surface area (Å²) in [4.78, 5) is 23.3. The Labute approximate surface area is 109 Å². The van der Waals surface area contributed by atoms with Gasteiger partial charge in [-0.2, -0.15) is 5.26 Å². The predicted octanol–water partition coefficient (Wildman–Crippen LogP) is 1.47. The van der Waals surface area contributed by atoms with E-state index in [0.29, 0.717) is 17.2 Å². The summed E-state index contributed by atoms with van der Waals surface area (Å²) < 4.78 is 10.3. The zero-order valence-corrected chi connectivity index (χ0v) is 10.3. The second-order valence-corrected chi connectivity index (χ2v) is 3.94. The van der Waals surface area contributed by atoms with Gasteiger partial charge in [-0.3, -0.25) is 9.59 Å². The fourth-order valence-corrected chi connectivity index (χ4v) is 1.67. The van der Waals surface area contributed by atoms with Crippen LogP contribution in [0, 0.1) is 17.2 Å². The van der Waals surface area contributed by atoms with E-state index in [0.717, 1.165) is 0 Å². The van der Waals surface area contributed by atoms with E-state index in [9.17, 15) is 9.59 Å². The molecule has 19 heavy (non-hydrogen) atoms. The highest BCUT2D eigenvalue weighted by molar-refractivity contribution is 6.09. The Morgan fingerprint density at radius 3 is 2.84 bits per heavy atom. The highest BCUT2D eigenvalue weighted by Crippen LogP contribution is 2.34. The first-order valence-corrected chi connectivity index (χ1v) is 5.78. The maximum atomic E-state index is 11.8. The van der Waals surface area contributed by atoms with Gasteiger partial charge in [0.25, 0.3) is 0 Å². The van der Waals surface area contributed by atoms with Crippen LogP contribution < -0.4 is 14.8 Å². The number of hydrogen-bond acceptors (Lipinski definition) is 5. The number of benzene rings is 1. The minimum Gasteiger partial charge on any atom is -0.454 e. The van der Waals surface area contributed by atoms with Crippen LogP contribution in [0.5, 0.6) is 11.5 Å². The summed E-state index contributed by atoms with van der Waals surface area (Å²) in [5.41, 5.74) is 0.457. The summed E-state index contributed by atoms with van der Waals surface area (Å²) in [6.07, 6.45) is 0.146. The highest BCUT2D eigenvalue weighted by atomic mass is 16.7. The lowest BCUT2D eigenvalue weighted by atomic mass is 10.0. The van der Waals surface area contributed by atoms with Crippen molar-refractivity contribution in [1.82, 2.24) is 0 Å². The Morgan fingerprint density at radius 2 is 2.16 bits per heavy atom. The number of nitrogens with one attached hydrogen (secondary N) is 1. The first-order valence-electron chi connectivity index (χ1n) is 5.78. The van der Waals surface area contributed by atoms with Crippen molar-refractivity contribution in [2.45, 2.75) is 13.3 Å². The van der Waals surface area contributed by atoms with Gasteiger partial charge in [0.1, 0.15) is 0 Å². The quantitative estimate of drug-likeness (QED) is 0.828. The average molecular weight is 260 g/mol. The molecule has 0 saturated carbocycles. The Bertz CT molecular complexity index is 562. The molecule has 0 spiro atoms. The fraction of sp³-hybridized carbons (Fsp3) is 0.308. The predicted molar refractivity (Wildman–Crippen MR) is 65.6 cm³/mol. The normalized spacial score (nSPS) is 13.5. The van der Waals surface area contributed by atoms with Gasteiger partial charge >= 0.3 is 0 Å². The molecule has 0 aromatic heterocycles. The maximum Gasteiger partial charge on any atom is 0.249 e. The second kappa shape index (κ2) is 5.40. The van der Waals surface area contributed by atoms with Crippen LogP contribution in [0.25, 0.3) is 0 Å². The summed E-state index contributed by atoms with van der Waals surface area (Å²) in [5, 5.41) is 11.4. The van der Waals surface area contributed by atoms with Gasteiger partial charge in [0.15, 0.2) is 23.2 Å². The first-order chi connectivity index (χ1) is 9.15. The van der Waals surface area contributed by atoms with Crippen molar-refractivity contribution in [3.63, 3.8) is 0 Å². The van der Waals surface area contributed by atoms with Gasteiger partial charge in [0, 0.05) is 18.2 Å². The van der Waals surface area contributed by atoms with Crippen LogP contribution in [0.3, 0.4) is 0 Å². The number of fused-ring (bicyclic) bond motifs is 1. The van der Waals surface area contributed by atoms with Crippen LogP contribution in [-0.4, -0.2) is 18.5 Å². The molecule has 2 rings (SSSR count). The molecule has 98 valence electrons. The maximum absolute atomic E-state index is 11.8. The molecular weight excluding hydrogens is 248 g/mol. The lowest BCUT2D eigenvalue weighted by Crippen LogP contribution is -2.28. The molecule has 1 N–H and O–H groups in total. The SMILES string of the molecule is CCC(=O)C(C#N)C(=O)Nc1ccc2c(c1)OCO2. The number of Topliss-reactive ketones (excluding diaryl/α,β-unsaturated/α-hetero) is 1. The van der Waals surface area contributed by atoms with Crippen LogP contribution >= 0.6 is 0 Å². The van der Waals surface area contributed by atoms with Gasteiger partial charge in [-0.25, -0.2) is 0 Å². The van der Waals surface area contributed by atoms with Crippen LogP contribution in [-0.2, 0) is 9.59 Å². The molecule has 0 saturated heterocycles. The van der Waals surface area contributed by atoms with Gasteiger partial charge in [-0.1, -0.05) is 6.92 Å². The third-order valence-electron chi connectivity index (χ3n) is 2.70. The van der Waals surface area contributed by atoms with Crippen LogP contribution in [0.2, 0.25) is 0 Å². The smallest absolute Gasteiger partial charge is 0.249 e. The molecule has 1 amide bonds. The third-order valence-corrected chi connectivity index (χ3v) is 2.70. The molecule has 6 heteroatoms. The molecule has 1 aliphatic heterocycles. The van der Waals surface area contributed by atoms with E-state index in [1.807, 2.05) is 0 Å². The zero-order valence-electron chi connectivity index (χ0n) is 10.3. The Hall–Kier alpha value is -2.55. The minimum atomic E-state index is -1.28. The van der Waals surface area contributed by atoms with Gasteiger partial charge < -0.3 is 14.8 Å². The number of carbonyl (C=O) groups is 2. The topological polar surface area (TPSA) is 88.4 Å². The van der Waals surface area contributed by atoms with Gasteiger partial charge in [-0.15, -0.1) is 0 Å². The summed E-state index contributed by atoms with van der Waals surface area (Å²) in [5.74, 6) is -1.20. The van der Waals surface area contributed by atoms with E-state index in [1.54, 1.807) is 31.2 Å². The van der Waals surface area contributed by atoms with Crippen molar-refractivity contribution in [1.29, 1.82) is 5.26 Å². The number of ketones is 1. The lowest BCUT2D eigenvalue weighted by molar-refractivity contribution is -0.128. The number of nitrogens with zero attached hydrogens (tertiary/aromatic N) is 1. The molecule has 0 fully saturated rings. The van der Waals surface area contributed by atoms with Crippen molar-refractivity contribution in [3.05, 3.63) is 18.2 Å². The van der Waals surface area contributed by atoms with E-state index >= 15 is 0 Å². The van der Waals surface area contributed by atoms with Gasteiger partial charge in [0.05, 0.1) is 6.07 Å².